The molecule has 1 aliphatic rings. The first-order valence-electron chi connectivity index (χ1n) is 10.3. The first kappa shape index (κ1) is 23.9. The van der Waals surface area contributed by atoms with Crippen LogP contribution in [0.4, 0.5) is 0 Å². The van der Waals surface area contributed by atoms with Gasteiger partial charge in [0.05, 0.1) is 0 Å². The molecule has 3 N–H and O–H groups in total. The second-order valence-corrected chi connectivity index (χ2v) is 8.32. The van der Waals surface area contributed by atoms with Crippen molar-refractivity contribution in [3.8, 4) is 0 Å². The molecule has 1 aliphatic heterocycles. The van der Waals surface area contributed by atoms with E-state index in [1.807, 2.05) is 62.1 Å². The summed E-state index contributed by atoms with van der Waals surface area (Å²) in [4.78, 5) is 27.9. The minimum atomic E-state index is -0.559. The third-order valence-corrected chi connectivity index (χ3v) is 5.78. The first-order chi connectivity index (χ1) is 13.9. The molecule has 2 aromatic carbocycles. The highest BCUT2D eigenvalue weighted by molar-refractivity contribution is 5.97. The number of carbonyl (C=O) groups excluding carboxylic acids is 2. The highest BCUT2D eigenvalue weighted by Gasteiger charge is 2.38. The number of benzene rings is 2. The van der Waals surface area contributed by atoms with Gasteiger partial charge in [-0.05, 0) is 43.0 Å². The SMILES string of the molecule is Cc1cccc(C(=O)NC(C(=O)N2C[C@@H](CN)[C@H](c3ccccc3)C2)C(C)C)c1.Cl. The minimum absolute atomic E-state index is 0. The molecule has 0 spiro atoms. The minimum Gasteiger partial charge on any atom is -0.340 e. The molecule has 1 saturated heterocycles. The quantitative estimate of drug-likeness (QED) is 0.739. The lowest BCUT2D eigenvalue weighted by atomic mass is 9.89. The number of halogens is 1. The Bertz CT molecular complexity index is 857. The molecule has 6 heteroatoms. The topological polar surface area (TPSA) is 75.4 Å². The molecular formula is C24H32ClN3O2. The molecule has 0 aliphatic carbocycles. The Kier molecular flexibility index (Phi) is 8.44. The monoisotopic (exact) mass is 429 g/mol. The van der Waals surface area contributed by atoms with Crippen molar-refractivity contribution in [3.63, 3.8) is 0 Å². The van der Waals surface area contributed by atoms with E-state index in [1.54, 1.807) is 6.07 Å². The Balaban J connectivity index is 0.00000320. The van der Waals surface area contributed by atoms with Crippen LogP contribution in [0.25, 0.3) is 0 Å². The summed E-state index contributed by atoms with van der Waals surface area (Å²) in [5, 5.41) is 2.96. The zero-order valence-corrected chi connectivity index (χ0v) is 18.7. The van der Waals surface area contributed by atoms with Gasteiger partial charge in [-0.1, -0.05) is 61.9 Å². The lowest BCUT2D eigenvalue weighted by Gasteiger charge is -2.27. The summed E-state index contributed by atoms with van der Waals surface area (Å²) in [5.74, 6) is 0.197. The predicted octanol–water partition coefficient (Wildman–Crippen LogP) is 3.37. The smallest absolute Gasteiger partial charge is 0.251 e. The summed E-state index contributed by atoms with van der Waals surface area (Å²) in [6, 6.07) is 17.1. The number of likely N-dealkylation sites (tertiary alicyclic amines) is 1. The number of nitrogens with two attached hydrogens (primary N) is 1. The van der Waals surface area contributed by atoms with E-state index in [9.17, 15) is 9.59 Å². The molecule has 1 unspecified atom stereocenters. The number of nitrogens with zero attached hydrogens (tertiary/aromatic N) is 1. The van der Waals surface area contributed by atoms with Gasteiger partial charge >= 0.3 is 0 Å². The zero-order valence-electron chi connectivity index (χ0n) is 17.9. The zero-order chi connectivity index (χ0) is 21.0. The number of carbonyl (C=O) groups is 2. The summed E-state index contributed by atoms with van der Waals surface area (Å²) >= 11 is 0. The van der Waals surface area contributed by atoms with Crippen molar-refractivity contribution in [3.05, 3.63) is 71.3 Å². The fraction of sp³-hybridized carbons (Fsp3) is 0.417. The number of nitrogens with one attached hydrogen (secondary N) is 1. The van der Waals surface area contributed by atoms with Crippen molar-refractivity contribution < 1.29 is 9.59 Å². The molecule has 0 saturated carbocycles. The van der Waals surface area contributed by atoms with Gasteiger partial charge in [-0.2, -0.15) is 0 Å². The lowest BCUT2D eigenvalue weighted by molar-refractivity contribution is -0.133. The number of rotatable bonds is 6. The maximum absolute atomic E-state index is 13.3. The van der Waals surface area contributed by atoms with E-state index in [4.69, 9.17) is 5.73 Å². The summed E-state index contributed by atoms with van der Waals surface area (Å²) in [5.41, 5.74) is 8.82. The molecule has 1 heterocycles. The Labute approximate surface area is 185 Å². The van der Waals surface area contributed by atoms with Gasteiger partial charge in [0.1, 0.15) is 6.04 Å². The third-order valence-electron chi connectivity index (χ3n) is 5.78. The largest absolute Gasteiger partial charge is 0.340 e. The van der Waals surface area contributed by atoms with Crippen molar-refractivity contribution >= 4 is 24.2 Å². The summed E-state index contributed by atoms with van der Waals surface area (Å²) < 4.78 is 0. The second kappa shape index (κ2) is 10.6. The summed E-state index contributed by atoms with van der Waals surface area (Å²) in [7, 11) is 0. The van der Waals surface area contributed by atoms with Crippen LogP contribution in [0.5, 0.6) is 0 Å². The molecule has 0 radical (unpaired) electrons. The van der Waals surface area contributed by atoms with Crippen molar-refractivity contribution in [2.45, 2.75) is 32.7 Å². The molecule has 3 atom stereocenters. The Morgan fingerprint density at radius 1 is 1.10 bits per heavy atom. The molecule has 2 aromatic rings. The van der Waals surface area contributed by atoms with Gasteiger partial charge < -0.3 is 16.0 Å². The summed E-state index contributed by atoms with van der Waals surface area (Å²) in [6.45, 7) is 7.66. The van der Waals surface area contributed by atoms with E-state index in [2.05, 4.69) is 17.4 Å². The van der Waals surface area contributed by atoms with Gasteiger partial charge in [0.25, 0.3) is 5.91 Å². The molecule has 2 amide bonds. The van der Waals surface area contributed by atoms with Gasteiger partial charge in [0.15, 0.2) is 0 Å². The van der Waals surface area contributed by atoms with Crippen LogP contribution < -0.4 is 11.1 Å². The van der Waals surface area contributed by atoms with Gasteiger partial charge in [-0.3, -0.25) is 9.59 Å². The van der Waals surface area contributed by atoms with E-state index < -0.39 is 6.04 Å². The Hall–Kier alpha value is -2.37. The average molecular weight is 430 g/mol. The number of amides is 2. The Morgan fingerprint density at radius 3 is 2.40 bits per heavy atom. The van der Waals surface area contributed by atoms with Gasteiger partial charge in [-0.15, -0.1) is 12.4 Å². The van der Waals surface area contributed by atoms with E-state index >= 15 is 0 Å². The molecule has 5 nitrogen and oxygen atoms in total. The highest BCUT2D eigenvalue weighted by atomic mass is 35.5. The maximum Gasteiger partial charge on any atom is 0.251 e. The standard InChI is InChI=1S/C24H31N3O2.ClH/c1-16(2)22(26-23(28)19-11-7-8-17(3)12-19)24(29)27-14-20(13-25)21(15-27)18-9-5-4-6-10-18;/h4-12,16,20-22H,13-15,25H2,1-3H3,(H,26,28);1H/t20-,21+,22?;/m1./s1. The molecule has 0 bridgehead atoms. The van der Waals surface area contributed by atoms with E-state index in [-0.39, 0.29) is 42.0 Å². The van der Waals surface area contributed by atoms with Crippen LogP contribution in [0, 0.1) is 18.8 Å². The van der Waals surface area contributed by atoms with Crippen LogP contribution in [0.2, 0.25) is 0 Å². The second-order valence-electron chi connectivity index (χ2n) is 8.32. The van der Waals surface area contributed by atoms with Crippen LogP contribution in [0.15, 0.2) is 54.6 Å². The van der Waals surface area contributed by atoms with Gasteiger partial charge in [-0.25, -0.2) is 0 Å². The molecular weight excluding hydrogens is 398 g/mol. The fourth-order valence-electron chi connectivity index (χ4n) is 4.09. The van der Waals surface area contributed by atoms with E-state index in [0.29, 0.717) is 25.2 Å². The maximum atomic E-state index is 13.3. The van der Waals surface area contributed by atoms with Crippen molar-refractivity contribution in [1.82, 2.24) is 10.2 Å². The van der Waals surface area contributed by atoms with Crippen LogP contribution >= 0.6 is 12.4 Å². The fourth-order valence-corrected chi connectivity index (χ4v) is 4.09. The number of hydrogen-bond donors (Lipinski definition) is 2. The van der Waals surface area contributed by atoms with Crippen molar-refractivity contribution in [1.29, 1.82) is 0 Å². The molecule has 0 aromatic heterocycles. The molecule has 30 heavy (non-hydrogen) atoms. The molecule has 3 rings (SSSR count). The highest BCUT2D eigenvalue weighted by Crippen LogP contribution is 2.32. The molecule has 1 fully saturated rings. The van der Waals surface area contributed by atoms with Gasteiger partial charge in [0.2, 0.25) is 5.91 Å². The number of hydrogen-bond acceptors (Lipinski definition) is 3. The average Bonchev–Trinajstić information content (AvgIpc) is 3.16. The normalized spacial score (nSPS) is 19.3. The summed E-state index contributed by atoms with van der Waals surface area (Å²) in [6.07, 6.45) is 0. The third kappa shape index (κ3) is 5.41. The van der Waals surface area contributed by atoms with E-state index in [0.717, 1.165) is 5.56 Å². The van der Waals surface area contributed by atoms with Crippen LogP contribution in [-0.4, -0.2) is 42.4 Å². The predicted molar refractivity (Wildman–Crippen MR) is 123 cm³/mol. The van der Waals surface area contributed by atoms with Crippen molar-refractivity contribution in [2.75, 3.05) is 19.6 Å². The lowest BCUT2D eigenvalue weighted by Crippen LogP contribution is -2.50. The van der Waals surface area contributed by atoms with Crippen LogP contribution in [-0.2, 0) is 4.79 Å². The van der Waals surface area contributed by atoms with Crippen molar-refractivity contribution in [2.24, 2.45) is 17.6 Å². The Morgan fingerprint density at radius 2 is 1.80 bits per heavy atom. The van der Waals surface area contributed by atoms with Crippen LogP contribution in [0.3, 0.4) is 0 Å². The van der Waals surface area contributed by atoms with Gasteiger partial charge in [0, 0.05) is 24.6 Å². The number of aryl methyl sites for hydroxylation is 1. The first-order valence-corrected chi connectivity index (χ1v) is 10.3. The van der Waals surface area contributed by atoms with E-state index in [1.165, 1.54) is 5.56 Å². The van der Waals surface area contributed by atoms with Crippen LogP contribution in [0.1, 0.15) is 41.3 Å². The molecule has 162 valence electrons.